The molecule has 20 heavy (non-hydrogen) atoms. The van der Waals surface area contributed by atoms with Gasteiger partial charge in [-0.2, -0.15) is 0 Å². The summed E-state index contributed by atoms with van der Waals surface area (Å²) in [5.41, 5.74) is 6.10. The lowest BCUT2D eigenvalue weighted by atomic mass is 10.3. The van der Waals surface area contributed by atoms with Crippen molar-refractivity contribution in [2.45, 2.75) is 4.90 Å². The minimum Gasteiger partial charge on any atom is -0.399 e. The highest BCUT2D eigenvalue weighted by molar-refractivity contribution is 7.92. The number of nitrogen functional groups attached to an aromatic ring is 1. The first-order valence-electron chi connectivity index (χ1n) is 5.32. The Bertz CT molecular complexity index is 743. The van der Waals surface area contributed by atoms with Crippen LogP contribution in [0, 0.1) is 0 Å². The molecule has 3 N–H and O–H groups in total. The Morgan fingerprint density at radius 3 is 2.15 bits per heavy atom. The molecule has 0 aliphatic rings. The van der Waals surface area contributed by atoms with Crippen molar-refractivity contribution in [2.24, 2.45) is 0 Å². The van der Waals surface area contributed by atoms with E-state index in [1.807, 2.05) is 0 Å². The molecule has 106 valence electrons. The minimum atomic E-state index is -3.88. The van der Waals surface area contributed by atoms with E-state index < -0.39 is 10.0 Å². The number of anilines is 2. The summed E-state index contributed by atoms with van der Waals surface area (Å²) < 4.78 is 26.9. The Kier molecular flexibility index (Phi) is 4.34. The van der Waals surface area contributed by atoms with Gasteiger partial charge in [0.05, 0.1) is 10.7 Å². The number of halogens is 3. The van der Waals surface area contributed by atoms with Crippen molar-refractivity contribution >= 4 is 56.2 Å². The lowest BCUT2D eigenvalue weighted by Crippen LogP contribution is -2.13. The van der Waals surface area contributed by atoms with Crippen molar-refractivity contribution in [1.29, 1.82) is 0 Å². The molecule has 0 saturated carbocycles. The number of rotatable bonds is 3. The molecule has 0 fully saturated rings. The van der Waals surface area contributed by atoms with E-state index in [9.17, 15) is 8.42 Å². The van der Waals surface area contributed by atoms with Gasteiger partial charge in [0.1, 0.15) is 4.90 Å². The summed E-state index contributed by atoms with van der Waals surface area (Å²) in [6.07, 6.45) is 0. The van der Waals surface area contributed by atoms with Crippen molar-refractivity contribution in [1.82, 2.24) is 0 Å². The highest BCUT2D eigenvalue weighted by atomic mass is 35.5. The van der Waals surface area contributed by atoms with E-state index >= 15 is 0 Å². The second kappa shape index (κ2) is 5.69. The molecule has 2 aromatic rings. The standard InChI is InChI=1S/C12H9Cl3N2O2S/c13-7-3-8(14)5-10(4-7)17-20(18,19)12-6-9(16)1-2-11(12)15/h1-6,17H,16H2. The summed E-state index contributed by atoms with van der Waals surface area (Å²) in [4.78, 5) is -0.115. The molecule has 2 rings (SSSR count). The molecule has 4 nitrogen and oxygen atoms in total. The number of nitrogens with two attached hydrogens (primary N) is 1. The zero-order valence-corrected chi connectivity index (χ0v) is 13.0. The van der Waals surface area contributed by atoms with Crippen molar-refractivity contribution in [2.75, 3.05) is 10.5 Å². The Hall–Kier alpha value is -1.14. The molecule has 0 saturated heterocycles. The smallest absolute Gasteiger partial charge is 0.263 e. The molecule has 0 radical (unpaired) electrons. The quantitative estimate of drug-likeness (QED) is 0.820. The van der Waals surface area contributed by atoms with E-state index in [1.165, 1.54) is 36.4 Å². The fraction of sp³-hybridized carbons (Fsp3) is 0. The van der Waals surface area contributed by atoms with Gasteiger partial charge in [0.2, 0.25) is 0 Å². The topological polar surface area (TPSA) is 72.2 Å². The summed E-state index contributed by atoms with van der Waals surface area (Å²) in [7, 11) is -3.88. The van der Waals surface area contributed by atoms with Gasteiger partial charge in [-0.3, -0.25) is 4.72 Å². The predicted molar refractivity (Wildman–Crippen MR) is 83.1 cm³/mol. The zero-order chi connectivity index (χ0) is 14.9. The number of benzene rings is 2. The maximum atomic E-state index is 12.3. The van der Waals surface area contributed by atoms with Crippen LogP contribution in [0.1, 0.15) is 0 Å². The van der Waals surface area contributed by atoms with Crippen LogP contribution in [0.5, 0.6) is 0 Å². The van der Waals surface area contributed by atoms with Crippen molar-refractivity contribution in [3.63, 3.8) is 0 Å². The van der Waals surface area contributed by atoms with Crippen molar-refractivity contribution in [3.05, 3.63) is 51.5 Å². The van der Waals surface area contributed by atoms with Crippen LogP contribution in [-0.4, -0.2) is 8.42 Å². The molecule has 0 heterocycles. The zero-order valence-electron chi connectivity index (χ0n) is 9.90. The summed E-state index contributed by atoms with van der Waals surface area (Å²) in [6, 6.07) is 8.57. The Morgan fingerprint density at radius 2 is 1.55 bits per heavy atom. The normalized spacial score (nSPS) is 11.3. The van der Waals surface area contributed by atoms with Crippen molar-refractivity contribution in [3.8, 4) is 0 Å². The molecule has 0 aliphatic heterocycles. The Labute approximate surface area is 131 Å². The van der Waals surface area contributed by atoms with E-state index in [4.69, 9.17) is 40.5 Å². The first-order chi connectivity index (χ1) is 9.28. The molecule has 0 unspecified atom stereocenters. The molecule has 0 aromatic heterocycles. The van der Waals surface area contributed by atoms with Gasteiger partial charge >= 0.3 is 0 Å². The van der Waals surface area contributed by atoms with Crippen LogP contribution in [0.3, 0.4) is 0 Å². The van der Waals surface area contributed by atoms with Gasteiger partial charge in [0.15, 0.2) is 0 Å². The number of sulfonamides is 1. The third-order valence-electron chi connectivity index (χ3n) is 2.36. The van der Waals surface area contributed by atoms with Gasteiger partial charge in [-0.1, -0.05) is 34.8 Å². The Morgan fingerprint density at radius 1 is 0.950 bits per heavy atom. The first-order valence-corrected chi connectivity index (χ1v) is 7.93. The van der Waals surface area contributed by atoms with E-state index in [0.717, 1.165) is 0 Å². The van der Waals surface area contributed by atoms with Crippen LogP contribution in [0.2, 0.25) is 15.1 Å². The minimum absolute atomic E-state index is 0.0693. The van der Waals surface area contributed by atoms with Gasteiger partial charge in [-0.25, -0.2) is 8.42 Å². The number of hydrogen-bond acceptors (Lipinski definition) is 3. The molecule has 8 heteroatoms. The maximum Gasteiger partial charge on any atom is 0.263 e. The van der Waals surface area contributed by atoms with Crippen LogP contribution in [0.4, 0.5) is 11.4 Å². The molecule has 0 bridgehead atoms. The third-order valence-corrected chi connectivity index (χ3v) is 4.66. The summed E-state index contributed by atoms with van der Waals surface area (Å²) in [6.45, 7) is 0. The second-order valence-electron chi connectivity index (χ2n) is 3.95. The molecule has 0 aliphatic carbocycles. The largest absolute Gasteiger partial charge is 0.399 e. The van der Waals surface area contributed by atoms with Crippen molar-refractivity contribution < 1.29 is 8.42 Å². The molecule has 0 spiro atoms. The maximum absolute atomic E-state index is 12.3. The van der Waals surface area contributed by atoms with Gasteiger partial charge < -0.3 is 5.73 Å². The summed E-state index contributed by atoms with van der Waals surface area (Å²) >= 11 is 17.5. The molecular formula is C12H9Cl3N2O2S. The molecule has 2 aromatic carbocycles. The predicted octanol–water partition coefficient (Wildman–Crippen LogP) is 4.03. The Balaban J connectivity index is 2.43. The monoisotopic (exact) mass is 350 g/mol. The fourth-order valence-electron chi connectivity index (χ4n) is 1.55. The summed E-state index contributed by atoms with van der Waals surface area (Å²) in [5, 5.41) is 0.697. The number of nitrogens with one attached hydrogen (secondary N) is 1. The lowest BCUT2D eigenvalue weighted by Gasteiger charge is -2.10. The van der Waals surface area contributed by atoms with Crippen LogP contribution in [-0.2, 0) is 10.0 Å². The molecular weight excluding hydrogens is 343 g/mol. The van der Waals surface area contributed by atoms with Gasteiger partial charge in [-0.15, -0.1) is 0 Å². The lowest BCUT2D eigenvalue weighted by molar-refractivity contribution is 0.601. The molecule has 0 atom stereocenters. The first kappa shape index (κ1) is 15.3. The second-order valence-corrected chi connectivity index (χ2v) is 6.88. The van der Waals surface area contributed by atoms with Gasteiger partial charge in [0, 0.05) is 15.7 Å². The average Bonchev–Trinajstić information content (AvgIpc) is 2.30. The summed E-state index contributed by atoms with van der Waals surface area (Å²) in [5.74, 6) is 0. The van der Waals surface area contributed by atoms with Crippen LogP contribution < -0.4 is 10.5 Å². The number of hydrogen-bond donors (Lipinski definition) is 2. The SMILES string of the molecule is Nc1ccc(Cl)c(S(=O)(=O)Nc2cc(Cl)cc(Cl)c2)c1. The highest BCUT2D eigenvalue weighted by Crippen LogP contribution is 2.28. The third kappa shape index (κ3) is 3.49. The van der Waals surface area contributed by atoms with Gasteiger partial charge in [-0.05, 0) is 36.4 Å². The van der Waals surface area contributed by atoms with Crippen LogP contribution in [0.15, 0.2) is 41.3 Å². The van der Waals surface area contributed by atoms with Gasteiger partial charge in [0.25, 0.3) is 10.0 Å². The molecule has 0 amide bonds. The van der Waals surface area contributed by atoms with Crippen LogP contribution in [0.25, 0.3) is 0 Å². The average molecular weight is 352 g/mol. The van der Waals surface area contributed by atoms with E-state index in [0.29, 0.717) is 15.7 Å². The highest BCUT2D eigenvalue weighted by Gasteiger charge is 2.18. The fourth-order valence-corrected chi connectivity index (χ4v) is 3.65. The van der Waals surface area contributed by atoms with E-state index in [2.05, 4.69) is 4.72 Å². The van der Waals surface area contributed by atoms with E-state index in [1.54, 1.807) is 0 Å². The van der Waals surface area contributed by atoms with E-state index in [-0.39, 0.29) is 15.6 Å². The van der Waals surface area contributed by atoms with Crippen LogP contribution >= 0.6 is 34.8 Å².